The first-order valence-corrected chi connectivity index (χ1v) is 7.30. The van der Waals surface area contributed by atoms with Gasteiger partial charge in [0.25, 0.3) is 5.91 Å². The lowest BCUT2D eigenvalue weighted by Crippen LogP contribution is -2.30. The summed E-state index contributed by atoms with van der Waals surface area (Å²) in [6.45, 7) is 0. The second-order valence-electron chi connectivity index (χ2n) is 5.09. The molecule has 0 heterocycles. The second-order valence-corrected chi connectivity index (χ2v) is 5.09. The van der Waals surface area contributed by atoms with Crippen molar-refractivity contribution in [3.05, 3.63) is 84.4 Å². The molecular formula is C19H17N3O. The van der Waals surface area contributed by atoms with E-state index in [0.717, 1.165) is 11.3 Å². The highest BCUT2D eigenvalue weighted by atomic mass is 16.2. The molecule has 0 aliphatic rings. The van der Waals surface area contributed by atoms with Gasteiger partial charge in [-0.05, 0) is 35.4 Å². The molecule has 0 saturated heterocycles. The average molecular weight is 303 g/mol. The Morgan fingerprint density at radius 3 is 2.04 bits per heavy atom. The summed E-state index contributed by atoms with van der Waals surface area (Å²) in [6, 6.07) is 25.5. The lowest BCUT2D eigenvalue weighted by Gasteiger charge is -2.11. The Kier molecular flexibility index (Phi) is 4.36. The van der Waals surface area contributed by atoms with Crippen LogP contribution < -0.4 is 16.6 Å². The van der Waals surface area contributed by atoms with E-state index in [2.05, 4.69) is 22.9 Å². The number of rotatable bonds is 4. The molecule has 3 aromatic carbocycles. The third-order valence-electron chi connectivity index (χ3n) is 3.57. The van der Waals surface area contributed by atoms with E-state index in [-0.39, 0.29) is 5.91 Å². The summed E-state index contributed by atoms with van der Waals surface area (Å²) in [5.74, 6) is 4.90. The maximum Gasteiger partial charge on any atom is 0.267 e. The molecule has 0 saturated carbocycles. The third-order valence-corrected chi connectivity index (χ3v) is 3.57. The highest BCUT2D eigenvalue weighted by Gasteiger charge is 2.09. The van der Waals surface area contributed by atoms with Crippen LogP contribution in [0.5, 0.6) is 0 Å². The minimum atomic E-state index is -0.325. The lowest BCUT2D eigenvalue weighted by atomic mass is 10.1. The van der Waals surface area contributed by atoms with Gasteiger partial charge in [0.15, 0.2) is 0 Å². The normalized spacial score (nSPS) is 10.1. The number of anilines is 2. The minimum absolute atomic E-state index is 0.325. The van der Waals surface area contributed by atoms with E-state index < -0.39 is 0 Å². The van der Waals surface area contributed by atoms with E-state index in [0.29, 0.717) is 11.3 Å². The molecule has 1 amide bonds. The van der Waals surface area contributed by atoms with Crippen LogP contribution in [0, 0.1) is 0 Å². The van der Waals surface area contributed by atoms with Crippen LogP contribution in [0.15, 0.2) is 78.9 Å². The number of nitrogen functional groups attached to an aromatic ring is 1. The van der Waals surface area contributed by atoms with Crippen LogP contribution in [-0.2, 0) is 0 Å². The third kappa shape index (κ3) is 3.39. The number of nitrogens with one attached hydrogen (secondary N) is 2. The smallest absolute Gasteiger partial charge is 0.267 e. The van der Waals surface area contributed by atoms with Gasteiger partial charge >= 0.3 is 0 Å². The molecule has 0 radical (unpaired) electrons. The maximum absolute atomic E-state index is 11.8. The zero-order valence-electron chi connectivity index (χ0n) is 12.5. The van der Waals surface area contributed by atoms with Gasteiger partial charge in [-0.3, -0.25) is 10.2 Å². The van der Waals surface area contributed by atoms with Crippen LogP contribution in [-0.4, -0.2) is 5.91 Å². The number of hydrogen-bond acceptors (Lipinski definition) is 3. The van der Waals surface area contributed by atoms with Crippen molar-refractivity contribution in [1.82, 2.24) is 5.43 Å². The van der Waals surface area contributed by atoms with Crippen molar-refractivity contribution in [3.63, 3.8) is 0 Å². The van der Waals surface area contributed by atoms with Gasteiger partial charge in [0.2, 0.25) is 0 Å². The summed E-state index contributed by atoms with van der Waals surface area (Å²) >= 11 is 0. The van der Waals surface area contributed by atoms with Crippen molar-refractivity contribution >= 4 is 17.3 Å². The molecule has 114 valence electrons. The van der Waals surface area contributed by atoms with E-state index in [1.165, 1.54) is 5.56 Å². The predicted molar refractivity (Wildman–Crippen MR) is 93.3 cm³/mol. The highest BCUT2D eigenvalue weighted by molar-refractivity contribution is 5.99. The first kappa shape index (κ1) is 14.8. The number of hydrogen-bond donors (Lipinski definition) is 3. The fourth-order valence-electron chi connectivity index (χ4n) is 2.40. The van der Waals surface area contributed by atoms with E-state index in [1.807, 2.05) is 54.6 Å². The SMILES string of the molecule is NNC(=O)c1ccccc1Nc1ccc(-c2ccccc2)cc1. The first-order chi connectivity index (χ1) is 11.3. The van der Waals surface area contributed by atoms with Gasteiger partial charge in [-0.25, -0.2) is 5.84 Å². The number of carbonyl (C=O) groups is 1. The molecule has 0 unspecified atom stereocenters. The molecule has 23 heavy (non-hydrogen) atoms. The molecule has 0 atom stereocenters. The summed E-state index contributed by atoms with van der Waals surface area (Å²) in [7, 11) is 0. The molecule has 4 nitrogen and oxygen atoms in total. The quantitative estimate of drug-likeness (QED) is 0.391. The monoisotopic (exact) mass is 303 g/mol. The largest absolute Gasteiger partial charge is 0.355 e. The Balaban J connectivity index is 1.83. The fourth-order valence-corrected chi connectivity index (χ4v) is 2.40. The van der Waals surface area contributed by atoms with Gasteiger partial charge in [0, 0.05) is 5.69 Å². The van der Waals surface area contributed by atoms with Crippen molar-refractivity contribution in [2.75, 3.05) is 5.32 Å². The molecule has 0 spiro atoms. The van der Waals surface area contributed by atoms with Crippen molar-refractivity contribution in [1.29, 1.82) is 0 Å². The molecule has 0 aliphatic heterocycles. The lowest BCUT2D eigenvalue weighted by molar-refractivity contribution is 0.0954. The Hall–Kier alpha value is -3.11. The van der Waals surface area contributed by atoms with E-state index >= 15 is 0 Å². The topological polar surface area (TPSA) is 67.1 Å². The van der Waals surface area contributed by atoms with Crippen LogP contribution in [0.25, 0.3) is 11.1 Å². The van der Waals surface area contributed by atoms with Crippen molar-refractivity contribution in [2.45, 2.75) is 0 Å². The fraction of sp³-hybridized carbons (Fsp3) is 0. The predicted octanol–water partition coefficient (Wildman–Crippen LogP) is 3.70. The zero-order valence-corrected chi connectivity index (χ0v) is 12.5. The van der Waals surface area contributed by atoms with Gasteiger partial charge in [-0.15, -0.1) is 0 Å². The van der Waals surface area contributed by atoms with Crippen molar-refractivity contribution in [2.24, 2.45) is 5.84 Å². The van der Waals surface area contributed by atoms with Crippen LogP contribution in [0.2, 0.25) is 0 Å². The van der Waals surface area contributed by atoms with E-state index in [4.69, 9.17) is 5.84 Å². The number of nitrogens with two attached hydrogens (primary N) is 1. The molecule has 4 N–H and O–H groups in total. The Bertz CT molecular complexity index is 798. The van der Waals surface area contributed by atoms with E-state index in [9.17, 15) is 4.79 Å². The first-order valence-electron chi connectivity index (χ1n) is 7.30. The molecule has 0 aromatic heterocycles. The van der Waals surface area contributed by atoms with E-state index in [1.54, 1.807) is 12.1 Å². The van der Waals surface area contributed by atoms with Crippen molar-refractivity contribution < 1.29 is 4.79 Å². The average Bonchev–Trinajstić information content (AvgIpc) is 2.63. The summed E-state index contributed by atoms with van der Waals surface area (Å²) in [6.07, 6.45) is 0. The Labute approximate surface area is 134 Å². The number of carbonyl (C=O) groups excluding carboxylic acids is 1. The van der Waals surface area contributed by atoms with Crippen LogP contribution in [0.3, 0.4) is 0 Å². The Morgan fingerprint density at radius 2 is 1.35 bits per heavy atom. The van der Waals surface area contributed by atoms with Crippen LogP contribution in [0.1, 0.15) is 10.4 Å². The van der Waals surface area contributed by atoms with Gasteiger partial charge in [0.05, 0.1) is 11.3 Å². The maximum atomic E-state index is 11.8. The van der Waals surface area contributed by atoms with Crippen LogP contribution in [0.4, 0.5) is 11.4 Å². The summed E-state index contributed by atoms with van der Waals surface area (Å²) < 4.78 is 0. The second kappa shape index (κ2) is 6.77. The van der Waals surface area contributed by atoms with Gasteiger partial charge < -0.3 is 5.32 Å². The zero-order chi connectivity index (χ0) is 16.1. The summed E-state index contributed by atoms with van der Waals surface area (Å²) in [5, 5.41) is 3.25. The number of benzene rings is 3. The van der Waals surface area contributed by atoms with Gasteiger partial charge in [-0.2, -0.15) is 0 Å². The standard InChI is InChI=1S/C19H17N3O/c20-22-19(23)17-8-4-5-9-18(17)21-16-12-10-15(11-13-16)14-6-2-1-3-7-14/h1-13,21H,20H2,(H,22,23). The summed E-state index contributed by atoms with van der Waals surface area (Å²) in [5.41, 5.74) is 6.59. The number of para-hydroxylation sites is 1. The van der Waals surface area contributed by atoms with Gasteiger partial charge in [-0.1, -0.05) is 54.6 Å². The molecule has 3 rings (SSSR count). The summed E-state index contributed by atoms with van der Waals surface area (Å²) in [4.78, 5) is 11.8. The Morgan fingerprint density at radius 1 is 0.739 bits per heavy atom. The van der Waals surface area contributed by atoms with Gasteiger partial charge in [0.1, 0.15) is 0 Å². The molecule has 4 heteroatoms. The van der Waals surface area contributed by atoms with Crippen molar-refractivity contribution in [3.8, 4) is 11.1 Å². The minimum Gasteiger partial charge on any atom is -0.355 e. The van der Waals surface area contributed by atoms with Crippen LogP contribution >= 0.6 is 0 Å². The molecule has 3 aromatic rings. The molecule has 0 aliphatic carbocycles. The molecule has 0 fully saturated rings. The molecule has 0 bridgehead atoms. The number of amides is 1. The highest BCUT2D eigenvalue weighted by Crippen LogP contribution is 2.24. The molecular weight excluding hydrogens is 286 g/mol. The number of hydrazine groups is 1.